The molecule has 20 heavy (non-hydrogen) atoms. The maximum absolute atomic E-state index is 12.5. The van der Waals surface area contributed by atoms with Crippen LogP contribution in [0.4, 0.5) is 0 Å². The number of fused-ring (bicyclic) bond motifs is 3. The van der Waals surface area contributed by atoms with E-state index in [0.717, 1.165) is 22.0 Å². The normalized spacial score (nSPS) is 10.9. The Kier molecular flexibility index (Phi) is 2.86. The summed E-state index contributed by atoms with van der Waals surface area (Å²) in [6.45, 7) is 0. The fraction of sp³-hybridized carbons (Fsp3) is 0.188. The van der Waals surface area contributed by atoms with Gasteiger partial charge in [-0.15, -0.1) is 0 Å². The summed E-state index contributed by atoms with van der Waals surface area (Å²) in [5.74, 6) is 1.42. The predicted molar refractivity (Wildman–Crippen MR) is 79.8 cm³/mol. The molecule has 4 heteroatoms. The Balaban J connectivity index is 2.51. The Labute approximate surface area is 116 Å². The minimum atomic E-state index is -0.0420. The maximum Gasteiger partial charge on any atom is 0.258 e. The summed E-state index contributed by atoms with van der Waals surface area (Å²) in [7, 11) is 4.98. The van der Waals surface area contributed by atoms with Crippen molar-refractivity contribution in [2.75, 3.05) is 14.2 Å². The molecule has 0 amide bonds. The van der Waals surface area contributed by atoms with E-state index >= 15 is 0 Å². The van der Waals surface area contributed by atoms with Crippen molar-refractivity contribution in [2.45, 2.75) is 0 Å². The van der Waals surface area contributed by atoms with E-state index in [0.29, 0.717) is 11.1 Å². The molecule has 0 N–H and O–H groups in total. The maximum atomic E-state index is 12.5. The van der Waals surface area contributed by atoms with Gasteiger partial charge in [-0.05, 0) is 35.7 Å². The second-order valence-electron chi connectivity index (χ2n) is 4.66. The Hall–Kier alpha value is -2.49. The van der Waals surface area contributed by atoms with Gasteiger partial charge in [-0.3, -0.25) is 4.79 Å². The summed E-state index contributed by atoms with van der Waals surface area (Å²) in [4.78, 5) is 12.5. The summed E-state index contributed by atoms with van der Waals surface area (Å²) in [5.41, 5.74) is 0.812. The van der Waals surface area contributed by atoms with Gasteiger partial charge in [-0.1, -0.05) is 0 Å². The first-order valence-corrected chi connectivity index (χ1v) is 6.30. The number of pyridine rings is 1. The van der Waals surface area contributed by atoms with Crippen LogP contribution in [0.15, 0.2) is 41.2 Å². The van der Waals surface area contributed by atoms with Gasteiger partial charge in [0.15, 0.2) is 0 Å². The zero-order valence-corrected chi connectivity index (χ0v) is 11.6. The SMILES string of the molecule is COc1ccc2c(c1)c(=O)n(C)c1cc(OC)ccc21. The highest BCUT2D eigenvalue weighted by Crippen LogP contribution is 2.28. The fourth-order valence-electron chi connectivity index (χ4n) is 2.50. The molecule has 0 saturated heterocycles. The van der Waals surface area contributed by atoms with E-state index in [2.05, 4.69) is 0 Å². The van der Waals surface area contributed by atoms with E-state index in [1.165, 1.54) is 0 Å². The molecule has 0 radical (unpaired) electrons. The van der Waals surface area contributed by atoms with Crippen LogP contribution in [-0.4, -0.2) is 18.8 Å². The van der Waals surface area contributed by atoms with Crippen molar-refractivity contribution in [3.8, 4) is 11.5 Å². The Morgan fingerprint density at radius 2 is 1.45 bits per heavy atom. The third-order valence-corrected chi connectivity index (χ3v) is 3.62. The fourth-order valence-corrected chi connectivity index (χ4v) is 2.50. The highest BCUT2D eigenvalue weighted by Gasteiger charge is 2.10. The van der Waals surface area contributed by atoms with Crippen LogP contribution in [0.1, 0.15) is 0 Å². The van der Waals surface area contributed by atoms with E-state index in [1.54, 1.807) is 31.9 Å². The molecule has 4 nitrogen and oxygen atoms in total. The number of hydrogen-bond acceptors (Lipinski definition) is 3. The smallest absolute Gasteiger partial charge is 0.258 e. The van der Waals surface area contributed by atoms with Crippen molar-refractivity contribution < 1.29 is 9.47 Å². The molecule has 0 aliphatic heterocycles. The van der Waals surface area contributed by atoms with Gasteiger partial charge in [0.05, 0.1) is 25.1 Å². The monoisotopic (exact) mass is 269 g/mol. The molecule has 1 aromatic heterocycles. The van der Waals surface area contributed by atoms with Gasteiger partial charge in [0.2, 0.25) is 0 Å². The number of hydrogen-bond donors (Lipinski definition) is 0. The zero-order valence-electron chi connectivity index (χ0n) is 11.6. The number of rotatable bonds is 2. The van der Waals surface area contributed by atoms with E-state index in [4.69, 9.17) is 9.47 Å². The van der Waals surface area contributed by atoms with Crippen LogP contribution in [0.5, 0.6) is 11.5 Å². The van der Waals surface area contributed by atoms with E-state index < -0.39 is 0 Å². The lowest BCUT2D eigenvalue weighted by Gasteiger charge is -2.11. The van der Waals surface area contributed by atoms with Gasteiger partial charge in [-0.2, -0.15) is 0 Å². The van der Waals surface area contributed by atoms with Crippen LogP contribution in [0.3, 0.4) is 0 Å². The molecule has 0 aliphatic rings. The van der Waals surface area contributed by atoms with Crippen molar-refractivity contribution in [3.63, 3.8) is 0 Å². The lowest BCUT2D eigenvalue weighted by molar-refractivity contribution is 0.415. The van der Waals surface area contributed by atoms with Gasteiger partial charge < -0.3 is 14.0 Å². The summed E-state index contributed by atoms with van der Waals surface area (Å²) in [6, 6.07) is 11.3. The molecular weight excluding hydrogens is 254 g/mol. The predicted octanol–water partition coefficient (Wildman–Crippen LogP) is 2.71. The van der Waals surface area contributed by atoms with Crippen LogP contribution < -0.4 is 15.0 Å². The summed E-state index contributed by atoms with van der Waals surface area (Å²) in [6.07, 6.45) is 0. The van der Waals surface area contributed by atoms with E-state index in [-0.39, 0.29) is 5.56 Å². The molecule has 3 aromatic rings. The van der Waals surface area contributed by atoms with E-state index in [1.807, 2.05) is 30.3 Å². The van der Waals surface area contributed by atoms with Gasteiger partial charge in [-0.25, -0.2) is 0 Å². The second-order valence-corrected chi connectivity index (χ2v) is 4.66. The van der Waals surface area contributed by atoms with Crippen molar-refractivity contribution in [2.24, 2.45) is 7.05 Å². The van der Waals surface area contributed by atoms with Crippen molar-refractivity contribution in [1.82, 2.24) is 4.57 Å². The first-order valence-electron chi connectivity index (χ1n) is 6.30. The Morgan fingerprint density at radius 3 is 2.10 bits per heavy atom. The number of methoxy groups -OCH3 is 2. The summed E-state index contributed by atoms with van der Waals surface area (Å²) >= 11 is 0. The molecule has 0 atom stereocenters. The number of nitrogens with zero attached hydrogens (tertiary/aromatic N) is 1. The summed E-state index contributed by atoms with van der Waals surface area (Å²) < 4.78 is 12.1. The molecule has 0 unspecified atom stereocenters. The largest absolute Gasteiger partial charge is 0.497 e. The van der Waals surface area contributed by atoms with Crippen LogP contribution in [0.2, 0.25) is 0 Å². The molecule has 3 rings (SSSR count). The number of aromatic nitrogens is 1. The number of benzene rings is 2. The molecule has 1 heterocycles. The highest BCUT2D eigenvalue weighted by molar-refractivity contribution is 6.06. The first kappa shape index (κ1) is 12.5. The van der Waals surface area contributed by atoms with Crippen LogP contribution >= 0.6 is 0 Å². The number of aryl methyl sites for hydroxylation is 1. The van der Waals surface area contributed by atoms with Crippen molar-refractivity contribution in [3.05, 3.63) is 46.8 Å². The molecule has 0 fully saturated rings. The standard InChI is InChI=1S/C16H15NO3/c1-17-15-9-11(20-3)5-7-13(15)12-6-4-10(19-2)8-14(12)16(17)18/h4-9H,1-3H3. The Morgan fingerprint density at radius 1 is 0.850 bits per heavy atom. The quantitative estimate of drug-likeness (QED) is 0.672. The van der Waals surface area contributed by atoms with Crippen molar-refractivity contribution in [1.29, 1.82) is 0 Å². The zero-order chi connectivity index (χ0) is 14.3. The topological polar surface area (TPSA) is 40.5 Å². The second kappa shape index (κ2) is 4.56. The van der Waals surface area contributed by atoms with Gasteiger partial charge >= 0.3 is 0 Å². The highest BCUT2D eigenvalue weighted by atomic mass is 16.5. The average Bonchev–Trinajstić information content (AvgIpc) is 2.51. The molecule has 2 aromatic carbocycles. The third kappa shape index (κ3) is 1.72. The van der Waals surface area contributed by atoms with Crippen LogP contribution in [-0.2, 0) is 7.05 Å². The van der Waals surface area contributed by atoms with Gasteiger partial charge in [0.1, 0.15) is 11.5 Å². The number of ether oxygens (including phenoxy) is 2. The lowest BCUT2D eigenvalue weighted by atomic mass is 10.1. The average molecular weight is 269 g/mol. The van der Waals surface area contributed by atoms with Gasteiger partial charge in [0, 0.05) is 18.5 Å². The minimum Gasteiger partial charge on any atom is -0.497 e. The van der Waals surface area contributed by atoms with Crippen molar-refractivity contribution >= 4 is 21.7 Å². The van der Waals surface area contributed by atoms with Crippen LogP contribution in [0, 0.1) is 0 Å². The summed E-state index contributed by atoms with van der Waals surface area (Å²) in [5, 5.41) is 2.60. The molecule has 0 aliphatic carbocycles. The molecule has 102 valence electrons. The molecule has 0 saturated carbocycles. The van der Waals surface area contributed by atoms with E-state index in [9.17, 15) is 4.79 Å². The lowest BCUT2D eigenvalue weighted by Crippen LogP contribution is -2.17. The minimum absolute atomic E-state index is 0.0420. The molecular formula is C16H15NO3. The van der Waals surface area contributed by atoms with Gasteiger partial charge in [0.25, 0.3) is 5.56 Å². The molecule has 0 spiro atoms. The Bertz CT molecular complexity index is 865. The first-order chi connectivity index (χ1) is 9.65. The molecule has 0 bridgehead atoms. The van der Waals surface area contributed by atoms with Crippen LogP contribution in [0.25, 0.3) is 21.7 Å². The third-order valence-electron chi connectivity index (χ3n) is 3.62.